The zero-order chi connectivity index (χ0) is 19.5. The molecule has 0 fully saturated rings. The second-order valence-electron chi connectivity index (χ2n) is 7.95. The number of aliphatic hydroxyl groups is 1. The van der Waals surface area contributed by atoms with E-state index in [1.807, 2.05) is 4.90 Å². The second-order valence-corrected chi connectivity index (χ2v) is 7.95. The van der Waals surface area contributed by atoms with Crippen molar-refractivity contribution in [3.05, 3.63) is 0 Å². The Hall–Kier alpha value is -0.570. The van der Waals surface area contributed by atoms with Crippen LogP contribution in [0.2, 0.25) is 0 Å². The fourth-order valence-corrected chi connectivity index (χ4v) is 3.47. The highest BCUT2D eigenvalue weighted by atomic mass is 16.3. The minimum Gasteiger partial charge on any atom is -0.384 e. The van der Waals surface area contributed by atoms with Gasteiger partial charge in [0.2, 0.25) is 0 Å². The minimum absolute atomic E-state index is 0.0871. The van der Waals surface area contributed by atoms with Gasteiger partial charge in [0.15, 0.2) is 0 Å². The summed E-state index contributed by atoms with van der Waals surface area (Å²) in [7, 11) is 0. The predicted octanol–water partition coefficient (Wildman–Crippen LogP) is 6.48. The molecule has 0 radical (unpaired) electrons. The van der Waals surface area contributed by atoms with Crippen LogP contribution < -0.4 is 0 Å². The summed E-state index contributed by atoms with van der Waals surface area (Å²) >= 11 is 0. The standard InChI is InChI=1S/C23H47NO2/c1-4-6-8-10-12-14-16-18-20-24(23(26)22(3)25)21-19-17-15-13-11-9-7-5-2/h22,25H,4-21H2,1-3H3. The third-order valence-electron chi connectivity index (χ3n) is 5.23. The summed E-state index contributed by atoms with van der Waals surface area (Å²) in [5, 5.41) is 9.65. The molecule has 1 amide bonds. The first-order valence-corrected chi connectivity index (χ1v) is 11.6. The molecule has 0 heterocycles. The monoisotopic (exact) mass is 369 g/mol. The molecule has 0 aromatic rings. The van der Waals surface area contributed by atoms with Crippen LogP contribution in [0.25, 0.3) is 0 Å². The molecule has 1 unspecified atom stereocenters. The number of unbranched alkanes of at least 4 members (excludes halogenated alkanes) is 14. The first kappa shape index (κ1) is 25.4. The number of aliphatic hydroxyl groups excluding tert-OH is 1. The van der Waals surface area contributed by atoms with Crippen LogP contribution in [0.3, 0.4) is 0 Å². The van der Waals surface area contributed by atoms with Crippen LogP contribution >= 0.6 is 0 Å². The van der Waals surface area contributed by atoms with E-state index in [-0.39, 0.29) is 5.91 Å². The Morgan fingerprint density at radius 2 is 0.962 bits per heavy atom. The molecule has 0 saturated carbocycles. The lowest BCUT2D eigenvalue weighted by Crippen LogP contribution is -2.39. The maximum atomic E-state index is 12.2. The van der Waals surface area contributed by atoms with Crippen molar-refractivity contribution in [1.29, 1.82) is 0 Å². The maximum Gasteiger partial charge on any atom is 0.251 e. The van der Waals surface area contributed by atoms with Gasteiger partial charge in [-0.1, -0.05) is 104 Å². The number of carbonyl (C=O) groups is 1. The third-order valence-corrected chi connectivity index (χ3v) is 5.23. The first-order chi connectivity index (χ1) is 12.6. The van der Waals surface area contributed by atoms with Gasteiger partial charge in [-0.25, -0.2) is 0 Å². The molecule has 0 aliphatic rings. The van der Waals surface area contributed by atoms with E-state index in [1.165, 1.54) is 89.9 Å². The van der Waals surface area contributed by atoms with Crippen molar-refractivity contribution in [2.24, 2.45) is 0 Å². The molecule has 26 heavy (non-hydrogen) atoms. The smallest absolute Gasteiger partial charge is 0.251 e. The van der Waals surface area contributed by atoms with Gasteiger partial charge >= 0.3 is 0 Å². The average molecular weight is 370 g/mol. The fourth-order valence-electron chi connectivity index (χ4n) is 3.47. The summed E-state index contributed by atoms with van der Waals surface area (Å²) in [6, 6.07) is 0. The van der Waals surface area contributed by atoms with Gasteiger partial charge in [0.1, 0.15) is 6.10 Å². The first-order valence-electron chi connectivity index (χ1n) is 11.6. The molecular formula is C23H47NO2. The zero-order valence-corrected chi connectivity index (χ0v) is 18.1. The van der Waals surface area contributed by atoms with E-state index in [0.717, 1.165) is 25.9 Å². The van der Waals surface area contributed by atoms with E-state index in [2.05, 4.69) is 13.8 Å². The molecule has 0 aliphatic carbocycles. The highest BCUT2D eigenvalue weighted by molar-refractivity contribution is 5.80. The average Bonchev–Trinajstić information content (AvgIpc) is 2.63. The summed E-state index contributed by atoms with van der Waals surface area (Å²) in [5.41, 5.74) is 0. The summed E-state index contributed by atoms with van der Waals surface area (Å²) in [4.78, 5) is 14.1. The van der Waals surface area contributed by atoms with E-state index >= 15 is 0 Å². The van der Waals surface area contributed by atoms with Gasteiger partial charge in [0.05, 0.1) is 0 Å². The Balaban J connectivity index is 3.80. The largest absolute Gasteiger partial charge is 0.384 e. The van der Waals surface area contributed by atoms with Gasteiger partial charge in [0, 0.05) is 13.1 Å². The van der Waals surface area contributed by atoms with Crippen molar-refractivity contribution in [3.8, 4) is 0 Å². The number of hydrogen-bond acceptors (Lipinski definition) is 2. The highest BCUT2D eigenvalue weighted by Gasteiger charge is 2.17. The Kier molecular flexibility index (Phi) is 18.8. The molecule has 3 nitrogen and oxygen atoms in total. The van der Waals surface area contributed by atoms with Gasteiger partial charge in [-0.05, 0) is 19.8 Å². The van der Waals surface area contributed by atoms with Crippen LogP contribution in [0.5, 0.6) is 0 Å². The molecule has 0 aromatic carbocycles. The molecule has 0 spiro atoms. The molecule has 156 valence electrons. The van der Waals surface area contributed by atoms with Crippen molar-refractivity contribution in [2.45, 2.75) is 130 Å². The molecule has 0 bridgehead atoms. The molecule has 1 N–H and O–H groups in total. The van der Waals surface area contributed by atoms with E-state index in [1.54, 1.807) is 6.92 Å². The molecule has 0 aromatic heterocycles. The van der Waals surface area contributed by atoms with E-state index < -0.39 is 6.10 Å². The normalized spacial score (nSPS) is 12.3. The molecule has 0 aliphatic heterocycles. The van der Waals surface area contributed by atoms with Crippen LogP contribution in [0.1, 0.15) is 124 Å². The molecule has 1 atom stereocenters. The second kappa shape index (κ2) is 19.2. The molecule has 0 saturated heterocycles. The van der Waals surface area contributed by atoms with Crippen molar-refractivity contribution in [1.82, 2.24) is 4.90 Å². The van der Waals surface area contributed by atoms with Crippen LogP contribution in [0.4, 0.5) is 0 Å². The number of amides is 1. The summed E-state index contributed by atoms with van der Waals surface area (Å²) in [6.07, 6.45) is 19.6. The van der Waals surface area contributed by atoms with Gasteiger partial charge in [-0.3, -0.25) is 4.79 Å². The number of carbonyl (C=O) groups excluding carboxylic acids is 1. The van der Waals surface area contributed by atoms with E-state index in [9.17, 15) is 9.90 Å². The molecule has 3 heteroatoms. The van der Waals surface area contributed by atoms with Gasteiger partial charge in [0.25, 0.3) is 5.91 Å². The third kappa shape index (κ3) is 15.7. The number of nitrogens with zero attached hydrogens (tertiary/aromatic N) is 1. The van der Waals surface area contributed by atoms with Crippen molar-refractivity contribution < 1.29 is 9.90 Å². The maximum absolute atomic E-state index is 12.2. The lowest BCUT2D eigenvalue weighted by atomic mass is 10.1. The Labute approximate surface area is 163 Å². The van der Waals surface area contributed by atoms with Crippen molar-refractivity contribution >= 4 is 5.91 Å². The minimum atomic E-state index is -0.863. The van der Waals surface area contributed by atoms with Crippen molar-refractivity contribution in [2.75, 3.05) is 13.1 Å². The SMILES string of the molecule is CCCCCCCCCCN(CCCCCCCCCC)C(=O)C(C)O. The van der Waals surface area contributed by atoms with E-state index in [0.29, 0.717) is 0 Å². The summed E-state index contributed by atoms with van der Waals surface area (Å²) < 4.78 is 0. The van der Waals surface area contributed by atoms with Gasteiger partial charge < -0.3 is 10.0 Å². The lowest BCUT2D eigenvalue weighted by molar-refractivity contribution is -0.139. The van der Waals surface area contributed by atoms with Crippen LogP contribution in [-0.2, 0) is 4.79 Å². The number of rotatable bonds is 19. The van der Waals surface area contributed by atoms with Crippen LogP contribution in [0, 0.1) is 0 Å². The predicted molar refractivity (Wildman–Crippen MR) is 113 cm³/mol. The highest BCUT2D eigenvalue weighted by Crippen LogP contribution is 2.12. The topological polar surface area (TPSA) is 40.5 Å². The summed E-state index contributed by atoms with van der Waals surface area (Å²) in [6.45, 7) is 7.72. The Morgan fingerprint density at radius 1 is 0.654 bits per heavy atom. The van der Waals surface area contributed by atoms with Gasteiger partial charge in [-0.2, -0.15) is 0 Å². The van der Waals surface area contributed by atoms with Crippen LogP contribution in [-0.4, -0.2) is 35.1 Å². The molecule has 0 rings (SSSR count). The quantitative estimate of drug-likeness (QED) is 0.265. The lowest BCUT2D eigenvalue weighted by Gasteiger charge is -2.24. The van der Waals surface area contributed by atoms with Gasteiger partial charge in [-0.15, -0.1) is 0 Å². The number of hydrogen-bond donors (Lipinski definition) is 1. The Bertz CT molecular complexity index is 285. The summed E-state index contributed by atoms with van der Waals surface area (Å²) in [5.74, 6) is -0.0871. The van der Waals surface area contributed by atoms with Crippen molar-refractivity contribution in [3.63, 3.8) is 0 Å². The molecular weight excluding hydrogens is 322 g/mol. The zero-order valence-electron chi connectivity index (χ0n) is 18.1. The Morgan fingerprint density at radius 3 is 1.27 bits per heavy atom. The fraction of sp³-hybridized carbons (Fsp3) is 0.957. The van der Waals surface area contributed by atoms with Crippen LogP contribution in [0.15, 0.2) is 0 Å². The van der Waals surface area contributed by atoms with E-state index in [4.69, 9.17) is 0 Å².